The van der Waals surface area contributed by atoms with E-state index in [0.29, 0.717) is 57.1 Å². The zero-order valence-electron chi connectivity index (χ0n) is 35.2. The number of anilines is 5. The number of amides is 5. The molecule has 11 heteroatoms. The van der Waals surface area contributed by atoms with E-state index < -0.39 is 0 Å². The van der Waals surface area contributed by atoms with Gasteiger partial charge >= 0.3 is 0 Å². The molecule has 314 valence electrons. The number of carbonyl (C=O) groups excluding carboxylic acids is 5. The van der Waals surface area contributed by atoms with Crippen LogP contribution in [0.2, 0.25) is 0 Å². The first-order chi connectivity index (χ1) is 30.4. The largest absolute Gasteiger partial charge is 0.311 e. The smallest absolute Gasteiger partial charge is 0.259 e. The van der Waals surface area contributed by atoms with Crippen molar-refractivity contribution in [3.63, 3.8) is 0 Å². The van der Waals surface area contributed by atoms with Gasteiger partial charge < -0.3 is 24.5 Å². The summed E-state index contributed by atoms with van der Waals surface area (Å²) < 4.78 is 0.855. The van der Waals surface area contributed by atoms with Crippen molar-refractivity contribution in [2.75, 3.05) is 52.7 Å². The molecule has 7 rings (SSSR count). The molecule has 5 amide bonds. The van der Waals surface area contributed by atoms with Crippen LogP contribution >= 0.6 is 22.6 Å². The maximum Gasteiger partial charge on any atom is 0.259 e. The maximum atomic E-state index is 13.8. The van der Waals surface area contributed by atoms with Gasteiger partial charge in [0.1, 0.15) is 0 Å². The highest BCUT2D eigenvalue weighted by Crippen LogP contribution is 2.26. The van der Waals surface area contributed by atoms with Crippen molar-refractivity contribution in [1.82, 2.24) is 0 Å². The number of benzene rings is 7. The van der Waals surface area contributed by atoms with Crippen LogP contribution in [-0.4, -0.2) is 57.7 Å². The fraction of sp³-hybridized carbons (Fsp3) is 0.0962. The van der Waals surface area contributed by atoms with Crippen LogP contribution in [0.25, 0.3) is 0 Å². The van der Waals surface area contributed by atoms with Gasteiger partial charge in [0.05, 0.1) is 12.1 Å². The van der Waals surface area contributed by atoms with Crippen molar-refractivity contribution < 1.29 is 24.0 Å². The number of carbonyl (C=O) groups is 5. The Morgan fingerprint density at radius 1 is 0.349 bits per heavy atom. The van der Waals surface area contributed by atoms with Crippen molar-refractivity contribution in [2.24, 2.45) is 0 Å². The molecule has 63 heavy (non-hydrogen) atoms. The van der Waals surface area contributed by atoms with Gasteiger partial charge in [-0.2, -0.15) is 0 Å². The molecule has 0 fully saturated rings. The molecule has 7 aromatic rings. The molecule has 10 nitrogen and oxygen atoms in total. The number of para-hydroxylation sites is 1. The monoisotopic (exact) mass is 945 g/mol. The molecular weight excluding hydrogens is 902 g/mol. The first-order valence-corrected chi connectivity index (χ1v) is 21.2. The maximum absolute atomic E-state index is 13.8. The summed E-state index contributed by atoms with van der Waals surface area (Å²) in [5.41, 5.74) is 6.63. The number of hydrogen-bond donors (Lipinski definition) is 0. The van der Waals surface area contributed by atoms with Crippen LogP contribution in [0, 0.1) is 3.57 Å². The van der Waals surface area contributed by atoms with Crippen LogP contribution in [0.3, 0.4) is 0 Å². The molecule has 7 aromatic carbocycles. The first-order valence-electron chi connectivity index (χ1n) is 20.1. The van der Waals surface area contributed by atoms with Crippen LogP contribution in [0.15, 0.2) is 182 Å². The van der Waals surface area contributed by atoms with Crippen molar-refractivity contribution in [2.45, 2.75) is 6.54 Å². The minimum atomic E-state index is -0.268. The fourth-order valence-electron chi connectivity index (χ4n) is 6.99. The summed E-state index contributed by atoms with van der Waals surface area (Å²) in [7, 11) is 6.70. The van der Waals surface area contributed by atoms with Crippen LogP contribution < -0.4 is 24.5 Å². The average Bonchev–Trinajstić information content (AvgIpc) is 3.34. The number of rotatable bonds is 12. The summed E-state index contributed by atoms with van der Waals surface area (Å²) in [6.07, 6.45) is 0. The molecule has 0 aliphatic rings. The Labute approximate surface area is 380 Å². The quantitative estimate of drug-likeness (QED) is 0.114. The van der Waals surface area contributed by atoms with E-state index in [1.54, 1.807) is 141 Å². The second kappa shape index (κ2) is 19.6. The van der Waals surface area contributed by atoms with Gasteiger partial charge in [0.25, 0.3) is 29.5 Å². The molecule has 0 aliphatic heterocycles. The molecule has 0 aromatic heterocycles. The van der Waals surface area contributed by atoms with E-state index in [4.69, 9.17) is 0 Å². The van der Waals surface area contributed by atoms with E-state index in [9.17, 15) is 24.0 Å². The Bertz CT molecular complexity index is 2750. The highest BCUT2D eigenvalue weighted by atomic mass is 127. The van der Waals surface area contributed by atoms with Gasteiger partial charge in [0.2, 0.25) is 0 Å². The Hall–Kier alpha value is -7.38. The van der Waals surface area contributed by atoms with Gasteiger partial charge in [-0.05, 0) is 149 Å². The Kier molecular flexibility index (Phi) is 13.6. The lowest BCUT2D eigenvalue weighted by molar-refractivity contribution is 0.0978. The second-order valence-electron chi connectivity index (χ2n) is 14.8. The van der Waals surface area contributed by atoms with Crippen molar-refractivity contribution in [3.05, 3.63) is 219 Å². The second-order valence-corrected chi connectivity index (χ2v) is 16.0. The minimum Gasteiger partial charge on any atom is -0.311 e. The van der Waals surface area contributed by atoms with E-state index in [2.05, 4.69) is 22.6 Å². The summed E-state index contributed by atoms with van der Waals surface area (Å²) in [5, 5.41) is 0. The average molecular weight is 946 g/mol. The molecule has 0 atom stereocenters. The molecule has 0 bridgehead atoms. The lowest BCUT2D eigenvalue weighted by Crippen LogP contribution is -2.30. The highest BCUT2D eigenvalue weighted by Gasteiger charge is 2.22. The third-order valence-electron chi connectivity index (χ3n) is 10.8. The summed E-state index contributed by atoms with van der Waals surface area (Å²) in [4.78, 5) is 75.2. The van der Waals surface area contributed by atoms with Crippen LogP contribution in [0.4, 0.5) is 28.4 Å². The third-order valence-corrected chi connectivity index (χ3v) is 11.8. The summed E-state index contributed by atoms with van der Waals surface area (Å²) >= 11 is 2.14. The molecule has 0 heterocycles. The molecule has 0 unspecified atom stereocenters. The Morgan fingerprint density at radius 3 is 1.05 bits per heavy atom. The molecule has 0 radical (unpaired) electrons. The van der Waals surface area contributed by atoms with Crippen molar-refractivity contribution in [3.8, 4) is 0 Å². The number of halogens is 1. The SMILES string of the molecule is CN(C(=O)c1ccc(N(C)C(=O)c2ccc(N(C)C(=O)c3ccccc3I)cc2)cc1)c1ccc(C(=O)N(C)c2ccc(C(=O)N(Cc3ccccc3)c3ccccc3)cc2)cc1. The van der Waals surface area contributed by atoms with Crippen LogP contribution in [0.1, 0.15) is 57.4 Å². The topological polar surface area (TPSA) is 102 Å². The summed E-state index contributed by atoms with van der Waals surface area (Å²) in [5.74, 6) is -1.07. The Balaban J connectivity index is 0.952. The van der Waals surface area contributed by atoms with E-state index in [1.165, 1.54) is 14.7 Å². The highest BCUT2D eigenvalue weighted by molar-refractivity contribution is 14.1. The van der Waals surface area contributed by atoms with Gasteiger partial charge in [-0.25, -0.2) is 0 Å². The van der Waals surface area contributed by atoms with Crippen molar-refractivity contribution in [1.29, 1.82) is 0 Å². The molecule has 0 spiro atoms. The zero-order chi connectivity index (χ0) is 44.6. The number of hydrogen-bond acceptors (Lipinski definition) is 5. The van der Waals surface area contributed by atoms with Gasteiger partial charge in [-0.15, -0.1) is 0 Å². The van der Waals surface area contributed by atoms with Crippen LogP contribution in [-0.2, 0) is 6.54 Å². The van der Waals surface area contributed by atoms with Gasteiger partial charge in [-0.1, -0.05) is 60.7 Å². The van der Waals surface area contributed by atoms with Gasteiger partial charge in [-0.3, -0.25) is 24.0 Å². The first kappa shape index (κ1) is 43.7. The van der Waals surface area contributed by atoms with Crippen molar-refractivity contribution >= 4 is 80.6 Å². The predicted molar refractivity (Wildman–Crippen MR) is 259 cm³/mol. The van der Waals surface area contributed by atoms with Gasteiger partial charge in [0.15, 0.2) is 0 Å². The molecule has 0 saturated carbocycles. The standard InChI is InChI=1S/C52H44IN5O5/c1-54(48(59)37-19-27-42(28-20-37)55(2)50(61)39-23-31-44(32-24-39)57(4)52(63)46-17-11-12-18-47(46)53)41-29-21-38(22-30-41)49(60)56(3)43-33-25-40(26-34-43)51(62)58(45-15-9-6-10-16-45)35-36-13-7-5-8-14-36/h5-34H,35H2,1-4H3. The normalized spacial score (nSPS) is 10.7. The number of nitrogens with zero attached hydrogens (tertiary/aromatic N) is 5. The van der Waals surface area contributed by atoms with Crippen LogP contribution in [0.5, 0.6) is 0 Å². The third kappa shape index (κ3) is 9.90. The molecular formula is C52H44IN5O5. The van der Waals surface area contributed by atoms with E-state index in [-0.39, 0.29) is 29.5 Å². The lowest BCUT2D eigenvalue weighted by atomic mass is 10.1. The minimum absolute atomic E-state index is 0.145. The molecule has 0 aliphatic carbocycles. The predicted octanol–water partition coefficient (Wildman–Crippen LogP) is 10.2. The van der Waals surface area contributed by atoms with E-state index >= 15 is 0 Å². The summed E-state index contributed by atoms with van der Waals surface area (Å²) in [6.45, 7) is 0.407. The molecule has 0 saturated heterocycles. The lowest BCUT2D eigenvalue weighted by Gasteiger charge is -2.24. The molecule has 0 N–H and O–H groups in total. The Morgan fingerprint density at radius 2 is 0.667 bits per heavy atom. The zero-order valence-corrected chi connectivity index (χ0v) is 37.3. The fourth-order valence-corrected chi connectivity index (χ4v) is 7.60. The van der Waals surface area contributed by atoms with E-state index in [1.807, 2.05) is 78.9 Å². The van der Waals surface area contributed by atoms with E-state index in [0.717, 1.165) is 14.8 Å². The van der Waals surface area contributed by atoms with Gasteiger partial charge in [0, 0.05) is 82.5 Å². The summed E-state index contributed by atoms with van der Waals surface area (Å²) in [6, 6.07) is 54.1.